The van der Waals surface area contributed by atoms with E-state index < -0.39 is 11.8 Å². The van der Waals surface area contributed by atoms with E-state index in [1.165, 1.54) is 23.5 Å². The van der Waals surface area contributed by atoms with E-state index in [0.717, 1.165) is 13.1 Å². The maximum absolute atomic E-state index is 13.7. The summed E-state index contributed by atoms with van der Waals surface area (Å²) in [6, 6.07) is 4.16. The van der Waals surface area contributed by atoms with Gasteiger partial charge in [0.05, 0.1) is 25.4 Å². The van der Waals surface area contributed by atoms with E-state index >= 15 is 0 Å². The first kappa shape index (κ1) is 19.4. The molecule has 1 aliphatic heterocycles. The molecule has 1 aliphatic rings. The number of carbonyl (C=O) groups is 2. The fourth-order valence-electron chi connectivity index (χ4n) is 4.13. The largest absolute Gasteiger partial charge is 0.461 e. The number of H-pyrrole nitrogens is 1. The van der Waals surface area contributed by atoms with Crippen molar-refractivity contribution >= 4 is 28.5 Å². The van der Waals surface area contributed by atoms with Crippen molar-refractivity contribution in [1.82, 2.24) is 4.98 Å². The highest BCUT2D eigenvalue weighted by Crippen LogP contribution is 2.29. The molecular formula is C20H27FN3O3+. The molecule has 7 heteroatoms. The fraction of sp³-hybridized carbons (Fsp3) is 0.500. The Labute approximate surface area is 158 Å². The monoisotopic (exact) mass is 376 g/mol. The molecule has 1 amide bonds. The molecule has 146 valence electrons. The molecule has 6 nitrogen and oxygen atoms in total. The van der Waals surface area contributed by atoms with Gasteiger partial charge in [-0.25, -0.2) is 9.18 Å². The predicted octanol–water partition coefficient (Wildman–Crippen LogP) is 1.98. The Morgan fingerprint density at radius 2 is 2.00 bits per heavy atom. The number of benzene rings is 1. The van der Waals surface area contributed by atoms with E-state index in [2.05, 4.69) is 24.1 Å². The van der Waals surface area contributed by atoms with Gasteiger partial charge >= 0.3 is 5.97 Å². The maximum atomic E-state index is 13.7. The summed E-state index contributed by atoms with van der Waals surface area (Å²) < 4.78 is 18.8. The number of hydrogen-bond acceptors (Lipinski definition) is 3. The van der Waals surface area contributed by atoms with E-state index in [1.54, 1.807) is 13.0 Å². The number of hydrogen-bond donors (Lipinski definition) is 3. The van der Waals surface area contributed by atoms with Crippen LogP contribution in [0.2, 0.25) is 0 Å². The van der Waals surface area contributed by atoms with Crippen LogP contribution in [0.3, 0.4) is 0 Å². The van der Waals surface area contributed by atoms with Crippen LogP contribution in [0.25, 0.3) is 10.9 Å². The molecule has 1 fully saturated rings. The summed E-state index contributed by atoms with van der Waals surface area (Å²) in [5.74, 6) is -0.0432. The number of likely N-dealkylation sites (tertiary alicyclic amines) is 1. The van der Waals surface area contributed by atoms with Crippen molar-refractivity contribution in [2.24, 2.45) is 11.8 Å². The zero-order valence-electron chi connectivity index (χ0n) is 16.0. The van der Waals surface area contributed by atoms with Crippen LogP contribution in [0.15, 0.2) is 18.2 Å². The number of rotatable bonds is 5. The van der Waals surface area contributed by atoms with Crippen molar-refractivity contribution < 1.29 is 23.6 Å². The van der Waals surface area contributed by atoms with Crippen molar-refractivity contribution in [3.63, 3.8) is 0 Å². The topological polar surface area (TPSA) is 75.6 Å². The van der Waals surface area contributed by atoms with Crippen LogP contribution in [0.4, 0.5) is 10.1 Å². The highest BCUT2D eigenvalue weighted by molar-refractivity contribution is 6.11. The first-order chi connectivity index (χ1) is 12.9. The Kier molecular flexibility index (Phi) is 5.79. The molecule has 0 bridgehead atoms. The number of aromatic nitrogens is 1. The molecule has 2 aromatic rings. The van der Waals surface area contributed by atoms with Crippen LogP contribution in [0.1, 0.15) is 37.7 Å². The number of quaternary nitrogens is 1. The first-order valence-electron chi connectivity index (χ1n) is 9.49. The van der Waals surface area contributed by atoms with Crippen molar-refractivity contribution in [3.05, 3.63) is 29.7 Å². The number of halogens is 1. The molecule has 1 aromatic carbocycles. The number of aromatic amines is 1. The number of anilines is 1. The van der Waals surface area contributed by atoms with Gasteiger partial charge < -0.3 is 19.9 Å². The van der Waals surface area contributed by atoms with Crippen LogP contribution in [-0.2, 0) is 9.53 Å². The predicted molar refractivity (Wildman–Crippen MR) is 101 cm³/mol. The van der Waals surface area contributed by atoms with Gasteiger partial charge in [-0.05, 0) is 31.5 Å². The second-order valence-corrected chi connectivity index (χ2v) is 7.61. The van der Waals surface area contributed by atoms with Crippen molar-refractivity contribution in [3.8, 4) is 0 Å². The highest BCUT2D eigenvalue weighted by Gasteiger charge is 2.28. The molecule has 3 rings (SSSR count). The van der Waals surface area contributed by atoms with Gasteiger partial charge in [-0.1, -0.05) is 13.8 Å². The third kappa shape index (κ3) is 4.47. The standard InChI is InChI=1S/C20H26FN3O3/c1-4-27-20(26)19-18(15-8-14(21)5-6-16(15)22-19)23-17(25)11-24-9-12(2)7-13(3)10-24/h5-6,8,12-13,22H,4,7,9-11H2,1-3H3,(H,23,25)/p+1/t12-,13-/m0/s1. The third-order valence-corrected chi connectivity index (χ3v) is 4.99. The van der Waals surface area contributed by atoms with Crippen LogP contribution in [0.5, 0.6) is 0 Å². The molecule has 0 saturated carbocycles. The number of fused-ring (bicyclic) bond motifs is 1. The van der Waals surface area contributed by atoms with Crippen LogP contribution in [0, 0.1) is 17.7 Å². The van der Waals surface area contributed by atoms with E-state index in [4.69, 9.17) is 4.74 Å². The van der Waals surface area contributed by atoms with Gasteiger partial charge in [-0.3, -0.25) is 4.79 Å². The number of ether oxygens (including phenoxy) is 1. The van der Waals surface area contributed by atoms with Crippen molar-refractivity contribution in [2.75, 3.05) is 31.6 Å². The minimum atomic E-state index is -0.572. The van der Waals surface area contributed by atoms with E-state index in [-0.39, 0.29) is 23.9 Å². The molecule has 3 N–H and O–H groups in total. The summed E-state index contributed by atoms with van der Waals surface area (Å²) in [5.41, 5.74) is 0.994. The van der Waals surface area contributed by atoms with Crippen LogP contribution < -0.4 is 10.2 Å². The van der Waals surface area contributed by atoms with E-state index in [9.17, 15) is 14.0 Å². The second-order valence-electron chi connectivity index (χ2n) is 7.61. The number of piperidine rings is 1. The molecule has 0 radical (unpaired) electrons. The van der Waals surface area contributed by atoms with Gasteiger partial charge in [-0.15, -0.1) is 0 Å². The minimum Gasteiger partial charge on any atom is -0.461 e. The molecule has 0 unspecified atom stereocenters. The lowest BCUT2D eigenvalue weighted by Crippen LogP contribution is -3.15. The third-order valence-electron chi connectivity index (χ3n) is 4.99. The lowest BCUT2D eigenvalue weighted by atomic mass is 9.92. The molecule has 27 heavy (non-hydrogen) atoms. The Balaban J connectivity index is 1.83. The Bertz CT molecular complexity index is 838. The van der Waals surface area contributed by atoms with Gasteiger partial charge in [0.2, 0.25) is 0 Å². The number of esters is 1. The number of carbonyl (C=O) groups excluding carboxylic acids is 2. The summed E-state index contributed by atoms with van der Waals surface area (Å²) in [5, 5.41) is 3.28. The maximum Gasteiger partial charge on any atom is 0.356 e. The molecule has 0 spiro atoms. The molecule has 0 aliphatic carbocycles. The smallest absolute Gasteiger partial charge is 0.356 e. The Hall–Kier alpha value is -2.41. The average Bonchev–Trinajstić information content (AvgIpc) is 2.92. The van der Waals surface area contributed by atoms with Gasteiger partial charge in [0.15, 0.2) is 6.54 Å². The van der Waals surface area contributed by atoms with Crippen LogP contribution in [-0.4, -0.2) is 43.1 Å². The van der Waals surface area contributed by atoms with Gasteiger partial charge in [0, 0.05) is 22.7 Å². The average molecular weight is 376 g/mol. The summed E-state index contributed by atoms with van der Waals surface area (Å²) in [6.45, 7) is 8.54. The van der Waals surface area contributed by atoms with Gasteiger partial charge in [-0.2, -0.15) is 0 Å². The first-order valence-corrected chi connectivity index (χ1v) is 9.49. The molecule has 1 saturated heterocycles. The lowest BCUT2D eigenvalue weighted by Gasteiger charge is -2.31. The van der Waals surface area contributed by atoms with Crippen LogP contribution >= 0.6 is 0 Å². The summed E-state index contributed by atoms with van der Waals surface area (Å²) in [4.78, 5) is 29.1. The quantitative estimate of drug-likeness (QED) is 0.699. The van der Waals surface area contributed by atoms with E-state index in [0.29, 0.717) is 29.3 Å². The van der Waals surface area contributed by atoms with Crippen molar-refractivity contribution in [1.29, 1.82) is 0 Å². The fourth-order valence-corrected chi connectivity index (χ4v) is 4.13. The summed E-state index contributed by atoms with van der Waals surface area (Å²) in [6.07, 6.45) is 1.18. The summed E-state index contributed by atoms with van der Waals surface area (Å²) in [7, 11) is 0. The Morgan fingerprint density at radius 3 is 2.67 bits per heavy atom. The van der Waals surface area contributed by atoms with Gasteiger partial charge in [0.25, 0.3) is 5.91 Å². The molecular weight excluding hydrogens is 349 g/mol. The normalized spacial score (nSPS) is 22.6. The second kappa shape index (κ2) is 8.08. The highest BCUT2D eigenvalue weighted by atomic mass is 19.1. The Morgan fingerprint density at radius 1 is 1.30 bits per heavy atom. The van der Waals surface area contributed by atoms with E-state index in [1.807, 2.05) is 0 Å². The number of amides is 1. The molecule has 2 atom stereocenters. The lowest BCUT2D eigenvalue weighted by molar-refractivity contribution is -0.904. The zero-order chi connectivity index (χ0) is 19.6. The molecule has 1 aromatic heterocycles. The number of nitrogens with one attached hydrogen (secondary N) is 3. The SMILES string of the molecule is CCOC(=O)c1[nH]c2ccc(F)cc2c1NC(=O)C[NH+]1C[C@@H](C)C[C@H](C)C1. The van der Waals surface area contributed by atoms with Crippen molar-refractivity contribution in [2.45, 2.75) is 27.2 Å². The van der Waals surface area contributed by atoms with Gasteiger partial charge in [0.1, 0.15) is 11.5 Å². The molecule has 2 heterocycles. The zero-order valence-corrected chi connectivity index (χ0v) is 16.0. The minimum absolute atomic E-state index is 0.140. The summed E-state index contributed by atoms with van der Waals surface area (Å²) >= 11 is 0.